The second-order valence-corrected chi connectivity index (χ2v) is 5.49. The van der Waals surface area contributed by atoms with Crippen LogP contribution in [-0.2, 0) is 4.79 Å². The third kappa shape index (κ3) is 4.32. The van der Waals surface area contributed by atoms with Crippen LogP contribution in [0.5, 0.6) is 0 Å². The highest BCUT2D eigenvalue weighted by Gasteiger charge is 2.26. The van der Waals surface area contributed by atoms with E-state index in [-0.39, 0.29) is 17.7 Å². The van der Waals surface area contributed by atoms with Crippen molar-refractivity contribution in [2.24, 2.45) is 0 Å². The standard InChI is InChI=1S/C15H22N2O4/c1-10(16-15(20)13-8-5-9-21-13)14(19)17-11-6-3-2-4-7-12(11)18/h5,8-12,18H,2-4,6-7H2,1H3,(H,16,20)(H,17,19). The Morgan fingerprint density at radius 2 is 2.10 bits per heavy atom. The van der Waals surface area contributed by atoms with Crippen molar-refractivity contribution in [3.63, 3.8) is 0 Å². The van der Waals surface area contributed by atoms with Gasteiger partial charge in [0.05, 0.1) is 18.4 Å². The summed E-state index contributed by atoms with van der Waals surface area (Å²) in [4.78, 5) is 23.9. The lowest BCUT2D eigenvalue weighted by Gasteiger charge is -2.23. The fourth-order valence-corrected chi connectivity index (χ4v) is 2.51. The Kier molecular flexibility index (Phi) is 5.38. The first-order chi connectivity index (χ1) is 10.1. The molecule has 1 aliphatic rings. The smallest absolute Gasteiger partial charge is 0.287 e. The predicted molar refractivity (Wildman–Crippen MR) is 76.7 cm³/mol. The molecule has 1 saturated carbocycles. The van der Waals surface area contributed by atoms with Crippen molar-refractivity contribution in [3.8, 4) is 0 Å². The second kappa shape index (κ2) is 7.26. The molecule has 1 aromatic rings. The summed E-state index contributed by atoms with van der Waals surface area (Å²) in [6.45, 7) is 1.61. The lowest BCUT2D eigenvalue weighted by molar-refractivity contribution is -0.124. The minimum absolute atomic E-state index is 0.171. The molecule has 3 unspecified atom stereocenters. The minimum atomic E-state index is -0.682. The van der Waals surface area contributed by atoms with Crippen molar-refractivity contribution in [2.75, 3.05) is 0 Å². The lowest BCUT2D eigenvalue weighted by atomic mass is 10.1. The molecule has 21 heavy (non-hydrogen) atoms. The molecule has 2 rings (SSSR count). The van der Waals surface area contributed by atoms with Crippen molar-refractivity contribution in [1.82, 2.24) is 10.6 Å². The maximum Gasteiger partial charge on any atom is 0.287 e. The van der Waals surface area contributed by atoms with E-state index >= 15 is 0 Å². The molecular weight excluding hydrogens is 272 g/mol. The molecule has 6 heteroatoms. The topological polar surface area (TPSA) is 91.6 Å². The average Bonchev–Trinajstić information content (AvgIpc) is 2.92. The zero-order valence-corrected chi connectivity index (χ0v) is 12.2. The van der Waals surface area contributed by atoms with Crippen LogP contribution in [-0.4, -0.2) is 35.1 Å². The number of nitrogens with one attached hydrogen (secondary N) is 2. The zero-order chi connectivity index (χ0) is 15.2. The third-order valence-electron chi connectivity index (χ3n) is 3.79. The first kappa shape index (κ1) is 15.6. The van der Waals surface area contributed by atoms with Gasteiger partial charge in [-0.3, -0.25) is 9.59 Å². The maximum atomic E-state index is 12.1. The summed E-state index contributed by atoms with van der Waals surface area (Å²) in [5.74, 6) is -0.547. The number of amides is 2. The molecule has 0 spiro atoms. The highest BCUT2D eigenvalue weighted by Crippen LogP contribution is 2.18. The van der Waals surface area contributed by atoms with Crippen LogP contribution in [0.2, 0.25) is 0 Å². The molecule has 0 radical (unpaired) electrons. The molecule has 1 aliphatic carbocycles. The molecule has 0 bridgehead atoms. The summed E-state index contributed by atoms with van der Waals surface area (Å²) in [7, 11) is 0. The average molecular weight is 294 g/mol. The van der Waals surface area contributed by atoms with Crippen LogP contribution >= 0.6 is 0 Å². The maximum absolute atomic E-state index is 12.1. The quantitative estimate of drug-likeness (QED) is 0.728. The van der Waals surface area contributed by atoms with Crippen LogP contribution in [0, 0.1) is 0 Å². The predicted octanol–water partition coefficient (Wildman–Crippen LogP) is 1.21. The fourth-order valence-electron chi connectivity index (χ4n) is 2.51. The van der Waals surface area contributed by atoms with Crippen LogP contribution in [0.25, 0.3) is 0 Å². The van der Waals surface area contributed by atoms with Crippen LogP contribution < -0.4 is 10.6 Å². The number of aliphatic hydroxyl groups excluding tert-OH is 1. The van der Waals surface area contributed by atoms with Gasteiger partial charge in [-0.05, 0) is 31.9 Å². The van der Waals surface area contributed by atoms with Crippen molar-refractivity contribution in [3.05, 3.63) is 24.2 Å². The molecule has 1 fully saturated rings. The number of hydrogen-bond acceptors (Lipinski definition) is 4. The van der Waals surface area contributed by atoms with E-state index in [1.54, 1.807) is 13.0 Å². The van der Waals surface area contributed by atoms with Gasteiger partial charge in [0, 0.05) is 0 Å². The monoisotopic (exact) mass is 294 g/mol. The summed E-state index contributed by atoms with van der Waals surface area (Å²) < 4.78 is 4.98. The van der Waals surface area contributed by atoms with E-state index in [4.69, 9.17) is 4.42 Å². The first-order valence-electron chi connectivity index (χ1n) is 7.40. The highest BCUT2D eigenvalue weighted by atomic mass is 16.3. The van der Waals surface area contributed by atoms with Crippen molar-refractivity contribution in [1.29, 1.82) is 0 Å². The van der Waals surface area contributed by atoms with E-state index in [0.29, 0.717) is 6.42 Å². The summed E-state index contributed by atoms with van der Waals surface area (Å²) in [5.41, 5.74) is 0. The minimum Gasteiger partial charge on any atom is -0.459 e. The molecule has 1 aromatic heterocycles. The Bertz CT molecular complexity index is 472. The molecule has 3 atom stereocenters. The summed E-state index contributed by atoms with van der Waals surface area (Å²) >= 11 is 0. The van der Waals surface area contributed by atoms with Gasteiger partial charge < -0.3 is 20.2 Å². The van der Waals surface area contributed by atoms with Gasteiger partial charge >= 0.3 is 0 Å². The third-order valence-corrected chi connectivity index (χ3v) is 3.79. The molecule has 6 nitrogen and oxygen atoms in total. The molecule has 0 aliphatic heterocycles. The molecule has 2 amide bonds. The summed E-state index contributed by atoms with van der Waals surface area (Å²) in [5, 5.41) is 15.4. The van der Waals surface area contributed by atoms with Gasteiger partial charge in [-0.15, -0.1) is 0 Å². The summed E-state index contributed by atoms with van der Waals surface area (Å²) in [6.07, 6.45) is 5.43. The number of furan rings is 1. The first-order valence-corrected chi connectivity index (χ1v) is 7.40. The van der Waals surface area contributed by atoms with Gasteiger partial charge in [-0.2, -0.15) is 0 Å². The normalized spacial score (nSPS) is 23.9. The molecule has 116 valence electrons. The number of hydrogen-bond donors (Lipinski definition) is 3. The SMILES string of the molecule is CC(NC(=O)c1ccco1)C(=O)NC1CCCCCC1O. The van der Waals surface area contributed by atoms with Gasteiger partial charge in [0.2, 0.25) is 5.91 Å². The van der Waals surface area contributed by atoms with Crippen LogP contribution in [0.3, 0.4) is 0 Å². The van der Waals surface area contributed by atoms with Gasteiger partial charge in [0.25, 0.3) is 5.91 Å². The van der Waals surface area contributed by atoms with Crippen LogP contribution in [0.1, 0.15) is 49.6 Å². The van der Waals surface area contributed by atoms with Gasteiger partial charge in [0.15, 0.2) is 5.76 Å². The van der Waals surface area contributed by atoms with E-state index in [1.807, 2.05) is 0 Å². The Hall–Kier alpha value is -1.82. The lowest BCUT2D eigenvalue weighted by Crippen LogP contribution is -2.51. The highest BCUT2D eigenvalue weighted by molar-refractivity contribution is 5.95. The van der Waals surface area contributed by atoms with Gasteiger partial charge in [0.1, 0.15) is 6.04 Å². The largest absolute Gasteiger partial charge is 0.459 e. The number of rotatable bonds is 4. The zero-order valence-electron chi connectivity index (χ0n) is 12.2. The second-order valence-electron chi connectivity index (χ2n) is 5.49. The van der Waals surface area contributed by atoms with Gasteiger partial charge in [-0.25, -0.2) is 0 Å². The summed E-state index contributed by atoms with van der Waals surface area (Å²) in [6, 6.07) is 2.23. The molecule has 0 saturated heterocycles. The van der Waals surface area contributed by atoms with E-state index in [2.05, 4.69) is 10.6 Å². The Morgan fingerprint density at radius 3 is 2.81 bits per heavy atom. The Labute approximate surface area is 123 Å². The van der Waals surface area contributed by atoms with E-state index in [1.165, 1.54) is 12.3 Å². The van der Waals surface area contributed by atoms with E-state index in [9.17, 15) is 14.7 Å². The molecule has 0 aromatic carbocycles. The van der Waals surface area contributed by atoms with E-state index < -0.39 is 18.1 Å². The Morgan fingerprint density at radius 1 is 1.33 bits per heavy atom. The molecule has 1 heterocycles. The van der Waals surface area contributed by atoms with E-state index in [0.717, 1.165) is 25.7 Å². The van der Waals surface area contributed by atoms with Crippen LogP contribution in [0.15, 0.2) is 22.8 Å². The Balaban J connectivity index is 1.85. The molecule has 3 N–H and O–H groups in total. The van der Waals surface area contributed by atoms with Crippen LogP contribution in [0.4, 0.5) is 0 Å². The fraction of sp³-hybridized carbons (Fsp3) is 0.600. The van der Waals surface area contributed by atoms with Gasteiger partial charge in [-0.1, -0.05) is 19.3 Å². The number of aliphatic hydroxyl groups is 1. The van der Waals surface area contributed by atoms with Crippen molar-refractivity contribution < 1.29 is 19.1 Å². The van der Waals surface area contributed by atoms with Crippen molar-refractivity contribution >= 4 is 11.8 Å². The number of carbonyl (C=O) groups is 2. The molecular formula is C15H22N2O4. The van der Waals surface area contributed by atoms with Crippen molar-refractivity contribution in [2.45, 2.75) is 57.2 Å². The number of carbonyl (C=O) groups excluding carboxylic acids is 2.